The number of hydrogen-bond acceptors (Lipinski definition) is 3. The molecule has 5 nitrogen and oxygen atoms in total. The third-order valence-corrected chi connectivity index (χ3v) is 8.77. The van der Waals surface area contributed by atoms with Gasteiger partial charge in [-0.3, -0.25) is 4.79 Å². The van der Waals surface area contributed by atoms with Crippen LogP contribution < -0.4 is 5.32 Å². The summed E-state index contributed by atoms with van der Waals surface area (Å²) in [5, 5.41) is 19.9. The molecular formula is C30H33N3O2. The van der Waals surface area contributed by atoms with Gasteiger partial charge in [-0.15, -0.1) is 0 Å². The normalized spacial score (nSPS) is 26.0. The summed E-state index contributed by atoms with van der Waals surface area (Å²) in [6.45, 7) is 4.31. The van der Waals surface area contributed by atoms with E-state index in [2.05, 4.69) is 42.5 Å². The number of carbonyl (C=O) groups excluding carboxylic acids is 1. The van der Waals surface area contributed by atoms with Crippen LogP contribution >= 0.6 is 0 Å². The van der Waals surface area contributed by atoms with E-state index in [4.69, 9.17) is 0 Å². The lowest BCUT2D eigenvalue weighted by atomic mass is 9.65. The molecule has 6 rings (SSSR count). The smallest absolute Gasteiger partial charge is 0.251 e. The summed E-state index contributed by atoms with van der Waals surface area (Å²) in [6, 6.07) is 18.1. The van der Waals surface area contributed by atoms with Crippen molar-refractivity contribution < 1.29 is 9.90 Å². The first kappa shape index (κ1) is 22.3. The largest absolute Gasteiger partial charge is 0.389 e. The Kier molecular flexibility index (Phi) is 5.05. The molecule has 3 aliphatic carbocycles. The molecule has 0 radical (unpaired) electrons. The SMILES string of the molecule is CC1(NC(=O)c2ccccc2CC[C@]2(O)CCC3=Cc4c(cnn4-c4ccccc4)C[C@@]32C)CC1. The van der Waals surface area contributed by atoms with Crippen molar-refractivity contribution in [1.82, 2.24) is 15.1 Å². The topological polar surface area (TPSA) is 67.2 Å². The average Bonchev–Trinajstić information content (AvgIpc) is 3.35. The zero-order valence-corrected chi connectivity index (χ0v) is 20.6. The van der Waals surface area contributed by atoms with Gasteiger partial charge in [-0.05, 0) is 87.3 Å². The van der Waals surface area contributed by atoms with Crippen molar-refractivity contribution >= 4 is 12.0 Å². The van der Waals surface area contributed by atoms with Gasteiger partial charge in [-0.25, -0.2) is 4.68 Å². The van der Waals surface area contributed by atoms with E-state index in [0.29, 0.717) is 12.8 Å². The third-order valence-electron chi connectivity index (χ3n) is 8.77. The highest BCUT2D eigenvalue weighted by Crippen LogP contribution is 2.56. The van der Waals surface area contributed by atoms with E-state index in [1.807, 2.05) is 53.3 Å². The highest BCUT2D eigenvalue weighted by atomic mass is 16.3. The van der Waals surface area contributed by atoms with Crippen LogP contribution in [0.15, 0.2) is 66.4 Å². The molecule has 2 atom stereocenters. The minimum Gasteiger partial charge on any atom is -0.389 e. The summed E-state index contributed by atoms with van der Waals surface area (Å²) < 4.78 is 2.01. The van der Waals surface area contributed by atoms with Crippen LogP contribution in [0.1, 0.15) is 73.1 Å². The number of hydrogen-bond donors (Lipinski definition) is 2. The summed E-state index contributed by atoms with van der Waals surface area (Å²) in [7, 11) is 0. The number of aryl methyl sites for hydroxylation is 1. The molecule has 1 amide bonds. The zero-order valence-electron chi connectivity index (χ0n) is 20.6. The number of aliphatic hydroxyl groups is 1. The van der Waals surface area contributed by atoms with Crippen molar-refractivity contribution in [1.29, 1.82) is 0 Å². The molecule has 2 aromatic carbocycles. The van der Waals surface area contributed by atoms with Crippen molar-refractivity contribution in [2.24, 2.45) is 5.41 Å². The molecule has 0 saturated heterocycles. The number of carbonyl (C=O) groups is 1. The molecule has 3 aromatic rings. The number of fused-ring (bicyclic) bond motifs is 2. The maximum absolute atomic E-state index is 13.0. The lowest BCUT2D eigenvalue weighted by molar-refractivity contribution is -0.0461. The van der Waals surface area contributed by atoms with Crippen molar-refractivity contribution in [3.8, 4) is 5.69 Å². The maximum atomic E-state index is 13.0. The standard InChI is InChI=1S/C30H33N3O2/c1-28(16-17-28)32-27(34)25-11-7-6-8-21(25)12-14-30(35)15-13-23-18-26-22(19-29(23,30)2)20-31-33(26)24-9-4-3-5-10-24/h3-11,18,20,35H,12-17,19H2,1-2H3,(H,32,34)/t29-,30-/m0/s1. The molecule has 2 fully saturated rings. The van der Waals surface area contributed by atoms with Crippen LogP contribution in [0.2, 0.25) is 0 Å². The molecule has 0 aliphatic heterocycles. The van der Waals surface area contributed by atoms with Crippen molar-refractivity contribution in [2.75, 3.05) is 0 Å². The average molecular weight is 468 g/mol. The molecule has 0 spiro atoms. The first-order chi connectivity index (χ1) is 16.8. The second-order valence-corrected chi connectivity index (χ2v) is 11.2. The van der Waals surface area contributed by atoms with Gasteiger partial charge in [-0.2, -0.15) is 5.10 Å². The Morgan fingerprint density at radius 3 is 2.57 bits per heavy atom. The fraction of sp³-hybridized carbons (Fsp3) is 0.400. The summed E-state index contributed by atoms with van der Waals surface area (Å²) in [5.41, 5.74) is 5.21. The fourth-order valence-corrected chi connectivity index (χ4v) is 6.06. The highest BCUT2D eigenvalue weighted by molar-refractivity contribution is 5.96. The fourth-order valence-electron chi connectivity index (χ4n) is 6.06. The molecule has 2 N–H and O–H groups in total. The van der Waals surface area contributed by atoms with Gasteiger partial charge in [0.25, 0.3) is 5.91 Å². The maximum Gasteiger partial charge on any atom is 0.251 e. The minimum atomic E-state index is -0.822. The second kappa shape index (κ2) is 7.92. The van der Waals surface area contributed by atoms with E-state index >= 15 is 0 Å². The Hall–Kier alpha value is -3.18. The quantitative estimate of drug-likeness (QED) is 0.520. The van der Waals surface area contributed by atoms with E-state index in [0.717, 1.165) is 54.6 Å². The van der Waals surface area contributed by atoms with Crippen molar-refractivity contribution in [3.63, 3.8) is 0 Å². The van der Waals surface area contributed by atoms with E-state index in [-0.39, 0.29) is 16.9 Å². The van der Waals surface area contributed by atoms with Crippen LogP contribution in [0, 0.1) is 5.41 Å². The predicted octanol–water partition coefficient (Wildman–Crippen LogP) is 5.26. The number of aromatic nitrogens is 2. The van der Waals surface area contributed by atoms with Gasteiger partial charge >= 0.3 is 0 Å². The van der Waals surface area contributed by atoms with E-state index in [1.54, 1.807) is 0 Å². The number of amides is 1. The molecule has 3 aliphatic rings. The van der Waals surface area contributed by atoms with Gasteiger partial charge in [0, 0.05) is 16.5 Å². The Balaban J connectivity index is 1.24. The van der Waals surface area contributed by atoms with Crippen LogP contribution in [0.5, 0.6) is 0 Å². The molecule has 1 heterocycles. The van der Waals surface area contributed by atoms with Gasteiger partial charge < -0.3 is 10.4 Å². The number of rotatable bonds is 6. The highest BCUT2D eigenvalue weighted by Gasteiger charge is 2.54. The lowest BCUT2D eigenvalue weighted by Gasteiger charge is -2.42. The first-order valence-corrected chi connectivity index (χ1v) is 12.8. The second-order valence-electron chi connectivity index (χ2n) is 11.2. The summed E-state index contributed by atoms with van der Waals surface area (Å²) in [5.74, 6) is 0.00134. The number of nitrogens with zero attached hydrogens (tertiary/aromatic N) is 2. The summed E-state index contributed by atoms with van der Waals surface area (Å²) >= 11 is 0. The Morgan fingerprint density at radius 2 is 1.80 bits per heavy atom. The van der Waals surface area contributed by atoms with E-state index in [9.17, 15) is 9.90 Å². The van der Waals surface area contributed by atoms with Gasteiger partial charge in [0.05, 0.1) is 23.2 Å². The van der Waals surface area contributed by atoms with Gasteiger partial charge in [0.1, 0.15) is 0 Å². The Labute approximate surface area is 206 Å². The van der Waals surface area contributed by atoms with Gasteiger partial charge in [0.15, 0.2) is 0 Å². The molecule has 0 bridgehead atoms. The summed E-state index contributed by atoms with van der Waals surface area (Å²) in [6.07, 6.45) is 10.00. The third kappa shape index (κ3) is 3.73. The summed E-state index contributed by atoms with van der Waals surface area (Å²) in [4.78, 5) is 13.0. The van der Waals surface area contributed by atoms with Crippen LogP contribution in [-0.2, 0) is 12.8 Å². The van der Waals surface area contributed by atoms with E-state index < -0.39 is 5.60 Å². The monoisotopic (exact) mass is 467 g/mol. The van der Waals surface area contributed by atoms with Crippen LogP contribution in [0.25, 0.3) is 11.8 Å². The number of nitrogens with one attached hydrogen (secondary N) is 1. The lowest BCUT2D eigenvalue weighted by Crippen LogP contribution is -2.45. The molecule has 2 saturated carbocycles. The first-order valence-electron chi connectivity index (χ1n) is 12.8. The van der Waals surface area contributed by atoms with Gasteiger partial charge in [-0.1, -0.05) is 48.9 Å². The van der Waals surface area contributed by atoms with Crippen LogP contribution in [0.3, 0.4) is 0 Å². The number of para-hydroxylation sites is 1. The van der Waals surface area contributed by atoms with Crippen molar-refractivity contribution in [2.45, 2.75) is 69.9 Å². The molecular weight excluding hydrogens is 434 g/mol. The molecule has 180 valence electrons. The molecule has 35 heavy (non-hydrogen) atoms. The Bertz CT molecular complexity index is 1320. The molecule has 1 aromatic heterocycles. The minimum absolute atomic E-state index is 0.00134. The van der Waals surface area contributed by atoms with Crippen LogP contribution in [0.4, 0.5) is 0 Å². The van der Waals surface area contributed by atoms with E-state index in [1.165, 1.54) is 11.1 Å². The van der Waals surface area contributed by atoms with Crippen molar-refractivity contribution in [3.05, 3.63) is 88.8 Å². The zero-order chi connectivity index (χ0) is 24.3. The predicted molar refractivity (Wildman–Crippen MR) is 137 cm³/mol. The van der Waals surface area contributed by atoms with Gasteiger partial charge in [0.2, 0.25) is 0 Å². The van der Waals surface area contributed by atoms with Crippen LogP contribution in [-0.4, -0.2) is 31.9 Å². The number of benzene rings is 2. The molecule has 5 heteroatoms. The Morgan fingerprint density at radius 1 is 1.06 bits per heavy atom. The molecule has 0 unspecified atom stereocenters.